The number of benzene rings is 2. The van der Waals surface area contributed by atoms with Gasteiger partial charge in [0.1, 0.15) is 5.75 Å². The van der Waals surface area contributed by atoms with E-state index in [-0.39, 0.29) is 12.3 Å². The maximum absolute atomic E-state index is 12.0. The number of hydrogen-bond donors (Lipinski definition) is 2. The summed E-state index contributed by atoms with van der Waals surface area (Å²) in [6, 6.07) is 16.9. The van der Waals surface area contributed by atoms with Crippen molar-refractivity contribution in [3.63, 3.8) is 0 Å². The minimum atomic E-state index is -0.713. The first-order chi connectivity index (χ1) is 11.6. The topological polar surface area (TPSA) is 67.4 Å². The van der Waals surface area contributed by atoms with Crippen molar-refractivity contribution >= 4 is 11.8 Å². The van der Waals surface area contributed by atoms with Gasteiger partial charge >= 0.3 is 0 Å². The number of amides is 2. The molecule has 126 valence electrons. The Hall–Kier alpha value is -2.82. The van der Waals surface area contributed by atoms with E-state index in [4.69, 9.17) is 4.74 Å². The molecule has 2 aromatic carbocycles. The van der Waals surface area contributed by atoms with E-state index in [1.807, 2.05) is 54.6 Å². The minimum Gasteiger partial charge on any atom is -0.481 e. The molecule has 0 aliphatic carbocycles. The summed E-state index contributed by atoms with van der Waals surface area (Å²) in [4.78, 5) is 23.8. The van der Waals surface area contributed by atoms with Crippen LogP contribution >= 0.6 is 0 Å². The lowest BCUT2D eigenvalue weighted by Crippen LogP contribution is -2.47. The van der Waals surface area contributed by atoms with Crippen molar-refractivity contribution in [2.75, 3.05) is 0 Å². The van der Waals surface area contributed by atoms with E-state index >= 15 is 0 Å². The van der Waals surface area contributed by atoms with Crippen LogP contribution in [0.15, 0.2) is 54.6 Å². The van der Waals surface area contributed by atoms with Crippen LogP contribution in [0.25, 0.3) is 0 Å². The van der Waals surface area contributed by atoms with Crippen LogP contribution in [0.5, 0.6) is 5.75 Å². The van der Waals surface area contributed by atoms with Gasteiger partial charge in [-0.05, 0) is 36.6 Å². The van der Waals surface area contributed by atoms with Gasteiger partial charge in [-0.2, -0.15) is 0 Å². The van der Waals surface area contributed by atoms with Gasteiger partial charge in [-0.1, -0.05) is 49.4 Å². The van der Waals surface area contributed by atoms with Crippen LogP contribution in [0.4, 0.5) is 0 Å². The van der Waals surface area contributed by atoms with Crippen molar-refractivity contribution in [2.45, 2.75) is 32.8 Å². The fourth-order valence-corrected chi connectivity index (χ4v) is 2.12. The second-order valence-electron chi connectivity index (χ2n) is 5.46. The Balaban J connectivity index is 1.77. The highest BCUT2D eigenvalue weighted by Crippen LogP contribution is 2.14. The van der Waals surface area contributed by atoms with Crippen molar-refractivity contribution in [2.24, 2.45) is 0 Å². The highest BCUT2D eigenvalue weighted by Gasteiger charge is 2.15. The molecule has 2 rings (SSSR count). The van der Waals surface area contributed by atoms with Gasteiger partial charge in [-0.25, -0.2) is 0 Å². The van der Waals surface area contributed by atoms with Crippen molar-refractivity contribution < 1.29 is 14.3 Å². The molecule has 24 heavy (non-hydrogen) atoms. The Morgan fingerprint density at radius 3 is 2.25 bits per heavy atom. The van der Waals surface area contributed by atoms with Crippen molar-refractivity contribution in [1.29, 1.82) is 0 Å². The molecule has 0 fully saturated rings. The summed E-state index contributed by atoms with van der Waals surface area (Å²) in [5, 5.41) is 0. The summed E-state index contributed by atoms with van der Waals surface area (Å²) in [5.74, 6) is -0.0736. The molecule has 0 heterocycles. The Kier molecular flexibility index (Phi) is 6.37. The van der Waals surface area contributed by atoms with E-state index in [9.17, 15) is 9.59 Å². The summed E-state index contributed by atoms with van der Waals surface area (Å²) in [5.41, 5.74) is 6.86. The van der Waals surface area contributed by atoms with E-state index in [1.165, 1.54) is 5.56 Å². The normalized spacial score (nSPS) is 11.4. The van der Waals surface area contributed by atoms with Crippen molar-refractivity contribution in [3.8, 4) is 5.75 Å². The van der Waals surface area contributed by atoms with Gasteiger partial charge in [0.25, 0.3) is 5.91 Å². The van der Waals surface area contributed by atoms with Crippen molar-refractivity contribution in [3.05, 3.63) is 65.7 Å². The van der Waals surface area contributed by atoms with Crippen LogP contribution in [0.1, 0.15) is 25.0 Å². The summed E-state index contributed by atoms with van der Waals surface area (Å²) >= 11 is 0. The van der Waals surface area contributed by atoms with Crippen LogP contribution in [0, 0.1) is 0 Å². The predicted molar refractivity (Wildman–Crippen MR) is 92.3 cm³/mol. The van der Waals surface area contributed by atoms with E-state index in [0.29, 0.717) is 5.75 Å². The van der Waals surface area contributed by atoms with E-state index in [1.54, 1.807) is 6.92 Å². The van der Waals surface area contributed by atoms with E-state index in [2.05, 4.69) is 17.8 Å². The summed E-state index contributed by atoms with van der Waals surface area (Å²) < 4.78 is 5.56. The number of hydrogen-bond acceptors (Lipinski definition) is 3. The first kappa shape index (κ1) is 17.5. The number of carbonyl (C=O) groups is 2. The molecule has 5 nitrogen and oxygen atoms in total. The molecule has 0 saturated carbocycles. The zero-order valence-corrected chi connectivity index (χ0v) is 13.9. The monoisotopic (exact) mass is 326 g/mol. The molecule has 0 spiro atoms. The maximum Gasteiger partial charge on any atom is 0.279 e. The van der Waals surface area contributed by atoms with E-state index < -0.39 is 12.0 Å². The highest BCUT2D eigenvalue weighted by molar-refractivity contribution is 5.85. The van der Waals surface area contributed by atoms with Crippen LogP contribution in [0.3, 0.4) is 0 Å². The Bertz CT molecular complexity index is 669. The number of carbonyl (C=O) groups excluding carboxylic acids is 2. The molecular weight excluding hydrogens is 304 g/mol. The van der Waals surface area contributed by atoms with Crippen LogP contribution in [-0.4, -0.2) is 17.9 Å². The van der Waals surface area contributed by atoms with Gasteiger partial charge in [0.05, 0.1) is 6.42 Å². The van der Waals surface area contributed by atoms with Crippen LogP contribution < -0.4 is 15.6 Å². The zero-order chi connectivity index (χ0) is 17.4. The second-order valence-corrected chi connectivity index (χ2v) is 5.46. The highest BCUT2D eigenvalue weighted by atomic mass is 16.5. The third-order valence-electron chi connectivity index (χ3n) is 3.55. The van der Waals surface area contributed by atoms with E-state index in [0.717, 1.165) is 12.0 Å². The summed E-state index contributed by atoms with van der Waals surface area (Å²) in [6.45, 7) is 3.70. The number of ether oxygens (including phenoxy) is 1. The van der Waals surface area contributed by atoms with Crippen LogP contribution in [0.2, 0.25) is 0 Å². The Morgan fingerprint density at radius 2 is 1.62 bits per heavy atom. The molecule has 2 amide bonds. The van der Waals surface area contributed by atoms with Gasteiger partial charge in [-0.15, -0.1) is 0 Å². The Labute approximate surface area is 142 Å². The first-order valence-electron chi connectivity index (χ1n) is 7.96. The standard InChI is InChI=1S/C19H22N2O3/c1-3-15-9-11-17(12-10-15)24-14(2)19(23)21-20-18(22)13-16-7-5-4-6-8-16/h4-12,14H,3,13H2,1-2H3,(H,20,22)(H,21,23). The minimum absolute atomic E-state index is 0.203. The molecule has 1 atom stereocenters. The molecule has 0 radical (unpaired) electrons. The average molecular weight is 326 g/mol. The molecule has 0 aliphatic rings. The average Bonchev–Trinajstić information content (AvgIpc) is 2.61. The molecule has 1 unspecified atom stereocenters. The zero-order valence-electron chi connectivity index (χ0n) is 13.9. The third-order valence-corrected chi connectivity index (χ3v) is 3.55. The molecule has 0 saturated heterocycles. The number of aryl methyl sites for hydroxylation is 1. The quantitative estimate of drug-likeness (QED) is 0.801. The smallest absolute Gasteiger partial charge is 0.279 e. The predicted octanol–water partition coefficient (Wildman–Crippen LogP) is 2.41. The number of rotatable bonds is 6. The molecular formula is C19H22N2O3. The van der Waals surface area contributed by atoms with Gasteiger partial charge in [0, 0.05) is 0 Å². The van der Waals surface area contributed by atoms with Crippen molar-refractivity contribution in [1.82, 2.24) is 10.9 Å². The summed E-state index contributed by atoms with van der Waals surface area (Å²) in [7, 11) is 0. The fraction of sp³-hybridized carbons (Fsp3) is 0.263. The van der Waals surface area contributed by atoms with Gasteiger partial charge < -0.3 is 4.74 Å². The lowest BCUT2D eigenvalue weighted by molar-refractivity contribution is -0.132. The second kappa shape index (κ2) is 8.72. The molecule has 2 N–H and O–H groups in total. The molecule has 0 aliphatic heterocycles. The van der Waals surface area contributed by atoms with Crippen LogP contribution in [-0.2, 0) is 22.4 Å². The SMILES string of the molecule is CCc1ccc(OC(C)C(=O)NNC(=O)Cc2ccccc2)cc1. The fourth-order valence-electron chi connectivity index (χ4n) is 2.12. The largest absolute Gasteiger partial charge is 0.481 e. The lowest BCUT2D eigenvalue weighted by Gasteiger charge is -2.15. The number of nitrogens with one attached hydrogen (secondary N) is 2. The molecule has 2 aromatic rings. The molecule has 0 bridgehead atoms. The summed E-state index contributed by atoms with van der Waals surface area (Å²) in [6.07, 6.45) is 0.438. The lowest BCUT2D eigenvalue weighted by atomic mass is 10.1. The van der Waals surface area contributed by atoms with Gasteiger partial charge in [0.15, 0.2) is 6.10 Å². The van der Waals surface area contributed by atoms with Gasteiger partial charge in [-0.3, -0.25) is 20.4 Å². The number of hydrazine groups is 1. The van der Waals surface area contributed by atoms with Gasteiger partial charge in [0.2, 0.25) is 5.91 Å². The molecule has 0 aromatic heterocycles. The Morgan fingerprint density at radius 1 is 0.958 bits per heavy atom. The third kappa shape index (κ3) is 5.43. The maximum atomic E-state index is 12.0. The molecule has 5 heteroatoms. The first-order valence-corrected chi connectivity index (χ1v) is 7.96.